The third-order valence-corrected chi connectivity index (χ3v) is 1.92. The van der Waals surface area contributed by atoms with Crippen LogP contribution in [0.5, 0.6) is 0 Å². The van der Waals surface area contributed by atoms with Gasteiger partial charge in [0.2, 0.25) is 0 Å². The molecule has 1 aromatic carbocycles. The lowest BCUT2D eigenvalue weighted by Gasteiger charge is -2.06. The molecule has 0 amide bonds. The molecule has 0 radical (unpaired) electrons. The molecule has 0 aliphatic rings. The van der Waals surface area contributed by atoms with Crippen LogP contribution in [0.25, 0.3) is 10.4 Å². The van der Waals surface area contributed by atoms with Gasteiger partial charge in [0.25, 0.3) is 0 Å². The first-order chi connectivity index (χ1) is 7.15. The second-order valence-electron chi connectivity index (χ2n) is 2.95. The molecule has 0 fully saturated rings. The van der Waals surface area contributed by atoms with Crippen LogP contribution in [0.1, 0.15) is 17.2 Å². The second-order valence-corrected chi connectivity index (χ2v) is 2.95. The summed E-state index contributed by atoms with van der Waals surface area (Å²) in [6, 6.07) is 5.58. The van der Waals surface area contributed by atoms with Crippen molar-refractivity contribution in [3.8, 4) is 0 Å². The molecule has 1 atom stereocenters. The van der Waals surface area contributed by atoms with Crippen LogP contribution >= 0.6 is 0 Å². The van der Waals surface area contributed by atoms with E-state index in [4.69, 9.17) is 16.4 Å². The van der Waals surface area contributed by atoms with Crippen LogP contribution in [-0.2, 0) is 11.3 Å². The number of rotatable bonds is 4. The number of nitrogens with two attached hydrogens (primary N) is 1. The summed E-state index contributed by atoms with van der Waals surface area (Å²) in [4.78, 5) is 13.2. The molecule has 0 bridgehead atoms. The number of carbonyl (C=O) groups is 1. The number of nitrogens with zero attached hydrogens (tertiary/aromatic N) is 3. The Morgan fingerprint density at radius 2 is 2.13 bits per heavy atom. The van der Waals surface area contributed by atoms with Crippen molar-refractivity contribution in [2.75, 3.05) is 0 Å². The van der Waals surface area contributed by atoms with Crippen molar-refractivity contribution in [2.24, 2.45) is 10.8 Å². The Balaban J connectivity index is 2.80. The van der Waals surface area contributed by atoms with Gasteiger partial charge in [0.15, 0.2) is 0 Å². The smallest absolute Gasteiger partial charge is 0.325 e. The van der Waals surface area contributed by atoms with Gasteiger partial charge in [-0.25, -0.2) is 0 Å². The summed E-state index contributed by atoms with van der Waals surface area (Å²) in [5.74, 6) is -1.07. The van der Waals surface area contributed by atoms with Crippen molar-refractivity contribution in [1.82, 2.24) is 0 Å². The highest BCUT2D eigenvalue weighted by Gasteiger charge is 2.13. The molecular weight excluding hydrogens is 196 g/mol. The molecule has 0 saturated carbocycles. The average molecular weight is 206 g/mol. The zero-order chi connectivity index (χ0) is 11.3. The Hall–Kier alpha value is -2.04. The maximum atomic E-state index is 10.6. The predicted octanol–water partition coefficient (Wildman–Crippen LogP) is 1.58. The molecule has 78 valence electrons. The number of aliphatic carboxylic acids is 1. The highest BCUT2D eigenvalue weighted by molar-refractivity contribution is 5.75. The van der Waals surface area contributed by atoms with Gasteiger partial charge in [-0.2, -0.15) is 0 Å². The van der Waals surface area contributed by atoms with Crippen LogP contribution in [-0.4, -0.2) is 11.1 Å². The molecule has 6 nitrogen and oxygen atoms in total. The number of carboxylic acids is 1. The highest BCUT2D eigenvalue weighted by Crippen LogP contribution is 2.12. The van der Waals surface area contributed by atoms with E-state index in [2.05, 4.69) is 10.0 Å². The van der Waals surface area contributed by atoms with Crippen molar-refractivity contribution in [3.05, 3.63) is 45.8 Å². The Kier molecular flexibility index (Phi) is 3.68. The van der Waals surface area contributed by atoms with Crippen LogP contribution in [0.15, 0.2) is 29.4 Å². The summed E-state index contributed by atoms with van der Waals surface area (Å²) in [6.07, 6.45) is 0. The van der Waals surface area contributed by atoms with Gasteiger partial charge in [-0.05, 0) is 16.7 Å². The Bertz CT molecular complexity index is 395. The lowest BCUT2D eigenvalue weighted by Crippen LogP contribution is -2.20. The fraction of sp³-hybridized carbons (Fsp3) is 0.222. The predicted molar refractivity (Wildman–Crippen MR) is 53.9 cm³/mol. The van der Waals surface area contributed by atoms with Crippen molar-refractivity contribution in [3.63, 3.8) is 0 Å². The molecule has 0 aromatic heterocycles. The molecular formula is C9H10N4O2. The monoisotopic (exact) mass is 206 g/mol. The largest absolute Gasteiger partial charge is 0.480 e. The molecule has 15 heavy (non-hydrogen) atoms. The quantitative estimate of drug-likeness (QED) is 0.443. The minimum Gasteiger partial charge on any atom is -0.480 e. The van der Waals surface area contributed by atoms with E-state index >= 15 is 0 Å². The van der Waals surface area contributed by atoms with E-state index in [-0.39, 0.29) is 6.54 Å². The van der Waals surface area contributed by atoms with Crippen LogP contribution in [0, 0.1) is 0 Å². The molecule has 1 unspecified atom stereocenters. The van der Waals surface area contributed by atoms with Gasteiger partial charge in [-0.15, -0.1) is 0 Å². The third kappa shape index (κ3) is 2.98. The minimum atomic E-state index is -1.07. The molecule has 3 N–H and O–H groups in total. The summed E-state index contributed by atoms with van der Waals surface area (Å²) < 4.78 is 0. The molecule has 0 aliphatic carbocycles. The van der Waals surface area contributed by atoms with E-state index in [0.29, 0.717) is 5.56 Å². The van der Waals surface area contributed by atoms with Crippen LogP contribution < -0.4 is 5.73 Å². The summed E-state index contributed by atoms with van der Waals surface area (Å²) in [6.45, 7) is 0.249. The number of hydrogen-bond donors (Lipinski definition) is 2. The van der Waals surface area contributed by atoms with Crippen molar-refractivity contribution < 1.29 is 9.90 Å². The summed E-state index contributed by atoms with van der Waals surface area (Å²) >= 11 is 0. The molecule has 1 aromatic rings. The number of carboxylic acid groups (broad SMARTS) is 1. The van der Waals surface area contributed by atoms with Gasteiger partial charge in [-0.3, -0.25) is 4.79 Å². The molecule has 0 spiro atoms. The zero-order valence-corrected chi connectivity index (χ0v) is 7.87. The number of azide groups is 1. The van der Waals surface area contributed by atoms with Crippen LogP contribution in [0.3, 0.4) is 0 Å². The lowest BCUT2D eigenvalue weighted by atomic mass is 10.1. The summed E-state index contributed by atoms with van der Waals surface area (Å²) in [5.41, 5.74) is 14.8. The number of benzene rings is 1. The van der Waals surface area contributed by atoms with E-state index in [0.717, 1.165) is 5.56 Å². The first kappa shape index (κ1) is 11.0. The van der Waals surface area contributed by atoms with Gasteiger partial charge >= 0.3 is 5.97 Å². The lowest BCUT2D eigenvalue weighted by molar-refractivity contribution is -0.138. The van der Waals surface area contributed by atoms with E-state index in [9.17, 15) is 4.79 Å². The fourth-order valence-corrected chi connectivity index (χ4v) is 1.09. The van der Waals surface area contributed by atoms with E-state index in [1.807, 2.05) is 0 Å². The highest BCUT2D eigenvalue weighted by atomic mass is 16.4. The van der Waals surface area contributed by atoms with Crippen molar-refractivity contribution in [1.29, 1.82) is 0 Å². The van der Waals surface area contributed by atoms with E-state index in [1.165, 1.54) is 0 Å². The zero-order valence-electron chi connectivity index (χ0n) is 7.87. The van der Waals surface area contributed by atoms with Gasteiger partial charge in [0.05, 0.1) is 6.54 Å². The summed E-state index contributed by atoms with van der Waals surface area (Å²) in [5, 5.41) is 12.0. The molecule has 1 rings (SSSR count). The van der Waals surface area contributed by atoms with Gasteiger partial charge in [-0.1, -0.05) is 29.4 Å². The van der Waals surface area contributed by atoms with E-state index < -0.39 is 12.0 Å². The maximum absolute atomic E-state index is 10.6. The van der Waals surface area contributed by atoms with Gasteiger partial charge in [0, 0.05) is 4.91 Å². The Morgan fingerprint density at radius 1 is 1.53 bits per heavy atom. The molecule has 0 heterocycles. The average Bonchev–Trinajstić information content (AvgIpc) is 2.26. The first-order valence-electron chi connectivity index (χ1n) is 4.23. The molecule has 0 saturated heterocycles. The van der Waals surface area contributed by atoms with Crippen molar-refractivity contribution >= 4 is 5.97 Å². The summed E-state index contributed by atoms with van der Waals surface area (Å²) in [7, 11) is 0. The Labute approximate surface area is 86.0 Å². The van der Waals surface area contributed by atoms with Crippen LogP contribution in [0.2, 0.25) is 0 Å². The minimum absolute atomic E-state index is 0.249. The van der Waals surface area contributed by atoms with Crippen molar-refractivity contribution in [2.45, 2.75) is 12.6 Å². The third-order valence-electron chi connectivity index (χ3n) is 1.92. The van der Waals surface area contributed by atoms with Gasteiger partial charge in [0.1, 0.15) is 6.04 Å². The SMILES string of the molecule is [N-]=[N+]=NCc1ccc(C(N)C(=O)O)cc1. The Morgan fingerprint density at radius 3 is 2.60 bits per heavy atom. The second kappa shape index (κ2) is 4.99. The standard InChI is InChI=1S/C9H10N4O2/c10-8(9(14)15)7-3-1-6(2-4-7)5-12-13-11/h1-4,8H,5,10H2,(H,14,15). The molecule has 6 heteroatoms. The van der Waals surface area contributed by atoms with Gasteiger partial charge < -0.3 is 10.8 Å². The van der Waals surface area contributed by atoms with E-state index in [1.54, 1.807) is 24.3 Å². The topological polar surface area (TPSA) is 112 Å². The molecule has 0 aliphatic heterocycles. The maximum Gasteiger partial charge on any atom is 0.325 e. The fourth-order valence-electron chi connectivity index (χ4n) is 1.09. The number of hydrogen-bond acceptors (Lipinski definition) is 3. The van der Waals surface area contributed by atoms with Crippen LogP contribution in [0.4, 0.5) is 0 Å². The normalized spacial score (nSPS) is 11.5. The first-order valence-corrected chi connectivity index (χ1v) is 4.23.